The number of rotatable bonds is 2. The number of carbonyl (C=O) groups is 3. The summed E-state index contributed by atoms with van der Waals surface area (Å²) in [4.78, 5) is 37.6. The lowest BCUT2D eigenvalue weighted by atomic mass is 9.82. The van der Waals surface area contributed by atoms with E-state index in [1.54, 1.807) is 36.9 Å². The van der Waals surface area contributed by atoms with Crippen molar-refractivity contribution in [3.05, 3.63) is 23.8 Å². The minimum Gasteiger partial charge on any atom is -0.481 e. The van der Waals surface area contributed by atoms with Gasteiger partial charge in [-0.15, -0.1) is 0 Å². The number of anilines is 1. The maximum absolute atomic E-state index is 12.9. The van der Waals surface area contributed by atoms with Crippen LogP contribution in [-0.4, -0.2) is 47.0 Å². The number of carbonyl (C=O) groups excluding carboxylic acids is 2. The largest absolute Gasteiger partial charge is 0.481 e. The van der Waals surface area contributed by atoms with Gasteiger partial charge in [0.25, 0.3) is 11.8 Å². The zero-order valence-corrected chi connectivity index (χ0v) is 13.7. The van der Waals surface area contributed by atoms with E-state index < -0.39 is 17.5 Å². The maximum atomic E-state index is 12.9. The molecule has 7 heteroatoms. The van der Waals surface area contributed by atoms with Crippen molar-refractivity contribution in [1.29, 1.82) is 0 Å². The van der Waals surface area contributed by atoms with Crippen molar-refractivity contribution < 1.29 is 24.2 Å². The first kappa shape index (κ1) is 16.3. The molecule has 128 valence electrons. The van der Waals surface area contributed by atoms with E-state index in [1.165, 1.54) is 0 Å². The molecule has 1 saturated heterocycles. The SMILES string of the molecule is CC1Oc2c(cccc2C(=O)N2CCCC(C)(C(=O)O)C2)NC1=O. The molecular weight excluding hydrogens is 312 g/mol. The lowest BCUT2D eigenvalue weighted by Gasteiger charge is -2.38. The number of carboxylic acids is 1. The van der Waals surface area contributed by atoms with E-state index in [1.807, 2.05) is 0 Å². The monoisotopic (exact) mass is 332 g/mol. The predicted octanol–water partition coefficient (Wildman–Crippen LogP) is 1.73. The number of aliphatic carboxylic acids is 1. The molecule has 2 unspecified atom stereocenters. The lowest BCUT2D eigenvalue weighted by molar-refractivity contribution is -0.150. The number of para-hydroxylation sites is 1. The Bertz CT molecular complexity index is 717. The van der Waals surface area contributed by atoms with Crippen molar-refractivity contribution in [3.63, 3.8) is 0 Å². The van der Waals surface area contributed by atoms with Crippen LogP contribution in [-0.2, 0) is 9.59 Å². The van der Waals surface area contributed by atoms with Gasteiger partial charge in [-0.05, 0) is 38.8 Å². The van der Waals surface area contributed by atoms with Gasteiger partial charge in [0.15, 0.2) is 11.9 Å². The van der Waals surface area contributed by atoms with E-state index in [-0.39, 0.29) is 18.4 Å². The molecule has 1 aromatic carbocycles. The molecule has 0 radical (unpaired) electrons. The Morgan fingerprint density at radius 2 is 2.17 bits per heavy atom. The summed E-state index contributed by atoms with van der Waals surface area (Å²) >= 11 is 0. The second-order valence-corrected chi connectivity index (χ2v) is 6.63. The van der Waals surface area contributed by atoms with Gasteiger partial charge in [0.05, 0.1) is 16.7 Å². The Hall–Kier alpha value is -2.57. The number of carboxylic acid groups (broad SMARTS) is 1. The molecule has 1 aromatic rings. The number of hydrogen-bond donors (Lipinski definition) is 2. The molecule has 0 bridgehead atoms. The third kappa shape index (κ3) is 2.70. The Morgan fingerprint density at radius 1 is 1.42 bits per heavy atom. The van der Waals surface area contributed by atoms with Crippen LogP contribution < -0.4 is 10.1 Å². The van der Waals surface area contributed by atoms with Gasteiger partial charge in [0, 0.05) is 13.1 Å². The first-order chi connectivity index (χ1) is 11.3. The van der Waals surface area contributed by atoms with Gasteiger partial charge in [0.1, 0.15) is 0 Å². The van der Waals surface area contributed by atoms with Crippen LogP contribution in [0, 0.1) is 5.41 Å². The van der Waals surface area contributed by atoms with E-state index in [4.69, 9.17) is 4.74 Å². The van der Waals surface area contributed by atoms with Crippen LogP contribution >= 0.6 is 0 Å². The second kappa shape index (κ2) is 5.81. The van der Waals surface area contributed by atoms with E-state index >= 15 is 0 Å². The molecule has 3 rings (SSSR count). The number of piperidine rings is 1. The van der Waals surface area contributed by atoms with Crippen molar-refractivity contribution in [2.75, 3.05) is 18.4 Å². The van der Waals surface area contributed by atoms with Crippen LogP contribution in [0.5, 0.6) is 5.75 Å². The second-order valence-electron chi connectivity index (χ2n) is 6.63. The topological polar surface area (TPSA) is 95.9 Å². The van der Waals surface area contributed by atoms with Crippen molar-refractivity contribution in [3.8, 4) is 5.75 Å². The minimum absolute atomic E-state index is 0.159. The Labute approximate surface area is 139 Å². The maximum Gasteiger partial charge on any atom is 0.311 e. The third-order valence-corrected chi connectivity index (χ3v) is 4.67. The highest BCUT2D eigenvalue weighted by atomic mass is 16.5. The minimum atomic E-state index is -0.939. The predicted molar refractivity (Wildman–Crippen MR) is 86.0 cm³/mol. The summed E-state index contributed by atoms with van der Waals surface area (Å²) in [6, 6.07) is 4.98. The average molecular weight is 332 g/mol. The molecule has 2 aliphatic rings. The summed E-state index contributed by atoms with van der Waals surface area (Å²) in [6.45, 7) is 3.94. The number of likely N-dealkylation sites (tertiary alicyclic amines) is 1. The summed E-state index contributed by atoms with van der Waals surface area (Å²) < 4.78 is 5.61. The number of amides is 2. The first-order valence-corrected chi connectivity index (χ1v) is 7.95. The molecule has 2 N–H and O–H groups in total. The van der Waals surface area contributed by atoms with E-state index in [9.17, 15) is 19.5 Å². The van der Waals surface area contributed by atoms with Gasteiger partial charge >= 0.3 is 5.97 Å². The molecule has 0 aromatic heterocycles. The Kier molecular flexibility index (Phi) is 3.95. The van der Waals surface area contributed by atoms with Gasteiger partial charge in [0.2, 0.25) is 0 Å². The van der Waals surface area contributed by atoms with Crippen molar-refractivity contribution >= 4 is 23.5 Å². The zero-order chi connectivity index (χ0) is 17.5. The highest BCUT2D eigenvalue weighted by molar-refractivity contribution is 6.04. The molecule has 0 spiro atoms. The molecule has 2 atom stereocenters. The number of ether oxygens (including phenoxy) is 1. The molecule has 0 aliphatic carbocycles. The molecule has 2 amide bonds. The summed E-state index contributed by atoms with van der Waals surface area (Å²) in [5, 5.41) is 12.1. The normalized spacial score (nSPS) is 26.2. The summed E-state index contributed by atoms with van der Waals surface area (Å²) in [5.74, 6) is -1.09. The number of nitrogens with zero attached hydrogens (tertiary/aromatic N) is 1. The highest BCUT2D eigenvalue weighted by Crippen LogP contribution is 2.36. The highest BCUT2D eigenvalue weighted by Gasteiger charge is 2.40. The zero-order valence-electron chi connectivity index (χ0n) is 13.7. The van der Waals surface area contributed by atoms with E-state index in [0.29, 0.717) is 36.4 Å². The van der Waals surface area contributed by atoms with Crippen LogP contribution in [0.15, 0.2) is 18.2 Å². The number of benzene rings is 1. The van der Waals surface area contributed by atoms with Gasteiger partial charge in [-0.3, -0.25) is 14.4 Å². The number of hydrogen-bond acceptors (Lipinski definition) is 4. The molecular formula is C17H20N2O5. The van der Waals surface area contributed by atoms with Gasteiger partial charge in [-0.1, -0.05) is 6.07 Å². The van der Waals surface area contributed by atoms with Gasteiger partial charge in [-0.2, -0.15) is 0 Å². The van der Waals surface area contributed by atoms with Crippen molar-refractivity contribution in [2.24, 2.45) is 5.41 Å². The molecule has 24 heavy (non-hydrogen) atoms. The van der Waals surface area contributed by atoms with Crippen molar-refractivity contribution in [2.45, 2.75) is 32.8 Å². The summed E-state index contributed by atoms with van der Waals surface area (Å²) in [6.07, 6.45) is 0.497. The summed E-state index contributed by atoms with van der Waals surface area (Å²) in [5.41, 5.74) is -0.138. The van der Waals surface area contributed by atoms with Crippen LogP contribution in [0.2, 0.25) is 0 Å². The molecule has 2 aliphatic heterocycles. The number of fused-ring (bicyclic) bond motifs is 1. The fraction of sp³-hybridized carbons (Fsp3) is 0.471. The molecule has 7 nitrogen and oxygen atoms in total. The van der Waals surface area contributed by atoms with Gasteiger partial charge < -0.3 is 20.1 Å². The fourth-order valence-electron chi connectivity index (χ4n) is 3.15. The lowest BCUT2D eigenvalue weighted by Crippen LogP contribution is -2.48. The molecule has 0 saturated carbocycles. The smallest absolute Gasteiger partial charge is 0.311 e. The molecule has 2 heterocycles. The van der Waals surface area contributed by atoms with Crippen LogP contribution in [0.1, 0.15) is 37.0 Å². The Balaban J connectivity index is 1.90. The molecule has 1 fully saturated rings. The van der Waals surface area contributed by atoms with Gasteiger partial charge in [-0.25, -0.2) is 0 Å². The number of nitrogens with one attached hydrogen (secondary N) is 1. The third-order valence-electron chi connectivity index (χ3n) is 4.67. The van der Waals surface area contributed by atoms with E-state index in [2.05, 4.69) is 5.32 Å². The van der Waals surface area contributed by atoms with Crippen molar-refractivity contribution in [1.82, 2.24) is 4.90 Å². The Morgan fingerprint density at radius 3 is 2.88 bits per heavy atom. The van der Waals surface area contributed by atoms with Crippen LogP contribution in [0.25, 0.3) is 0 Å². The van der Waals surface area contributed by atoms with Crippen LogP contribution in [0.3, 0.4) is 0 Å². The summed E-state index contributed by atoms with van der Waals surface area (Å²) in [7, 11) is 0. The quantitative estimate of drug-likeness (QED) is 0.860. The average Bonchev–Trinajstić information content (AvgIpc) is 2.55. The van der Waals surface area contributed by atoms with E-state index in [0.717, 1.165) is 0 Å². The first-order valence-electron chi connectivity index (χ1n) is 7.95. The fourth-order valence-corrected chi connectivity index (χ4v) is 3.15. The van der Waals surface area contributed by atoms with Crippen LogP contribution in [0.4, 0.5) is 5.69 Å². The standard InChI is InChI=1S/C17H20N2O5/c1-10-14(20)18-12-6-3-5-11(13(12)24-10)15(21)19-8-4-7-17(2,9-19)16(22)23/h3,5-6,10H,4,7-9H2,1-2H3,(H,18,20)(H,22,23).